The average Bonchev–Trinajstić information content (AvgIpc) is 2.66. The van der Waals surface area contributed by atoms with Gasteiger partial charge in [-0.25, -0.2) is 0 Å². The molecule has 0 heterocycles. The van der Waals surface area contributed by atoms with Gasteiger partial charge in [0.2, 0.25) is 0 Å². The van der Waals surface area contributed by atoms with Crippen molar-refractivity contribution in [3.05, 3.63) is 87.9 Å². The lowest BCUT2D eigenvalue weighted by molar-refractivity contribution is -0.118. The van der Waals surface area contributed by atoms with E-state index >= 15 is 0 Å². The van der Waals surface area contributed by atoms with Crippen LogP contribution in [-0.2, 0) is 11.4 Å². The SMILES string of the molecule is Cc1cc(Br)cc(C)c1OCC(=O)Nc1cccc(OCc2ccccc2)c1. The molecule has 0 spiro atoms. The molecule has 0 radical (unpaired) electrons. The molecule has 0 fully saturated rings. The van der Waals surface area contributed by atoms with E-state index in [1.54, 1.807) is 6.07 Å². The van der Waals surface area contributed by atoms with Crippen LogP contribution in [0.1, 0.15) is 16.7 Å². The van der Waals surface area contributed by atoms with E-state index in [9.17, 15) is 4.79 Å². The van der Waals surface area contributed by atoms with Crippen LogP contribution in [0.5, 0.6) is 11.5 Å². The maximum absolute atomic E-state index is 12.3. The Morgan fingerprint density at radius 1 is 0.929 bits per heavy atom. The average molecular weight is 440 g/mol. The second-order valence-corrected chi connectivity index (χ2v) is 7.42. The van der Waals surface area contributed by atoms with E-state index in [2.05, 4.69) is 21.2 Å². The van der Waals surface area contributed by atoms with Crippen molar-refractivity contribution >= 4 is 27.5 Å². The number of hydrogen-bond acceptors (Lipinski definition) is 3. The van der Waals surface area contributed by atoms with Gasteiger partial charge in [-0.2, -0.15) is 0 Å². The molecular weight excluding hydrogens is 418 g/mol. The molecule has 0 saturated heterocycles. The van der Waals surface area contributed by atoms with Crippen LogP contribution in [0.4, 0.5) is 5.69 Å². The fourth-order valence-corrected chi connectivity index (χ4v) is 3.55. The molecule has 144 valence electrons. The summed E-state index contributed by atoms with van der Waals surface area (Å²) in [4.78, 5) is 12.3. The Balaban J connectivity index is 1.56. The van der Waals surface area contributed by atoms with Gasteiger partial charge < -0.3 is 14.8 Å². The second-order valence-electron chi connectivity index (χ2n) is 6.51. The summed E-state index contributed by atoms with van der Waals surface area (Å²) in [6.45, 7) is 4.33. The lowest BCUT2D eigenvalue weighted by Crippen LogP contribution is -2.20. The number of aryl methyl sites for hydroxylation is 2. The van der Waals surface area contributed by atoms with E-state index in [4.69, 9.17) is 9.47 Å². The van der Waals surface area contributed by atoms with Crippen LogP contribution in [0.3, 0.4) is 0 Å². The van der Waals surface area contributed by atoms with Gasteiger partial charge in [-0.05, 0) is 54.8 Å². The van der Waals surface area contributed by atoms with Gasteiger partial charge in [0.1, 0.15) is 18.1 Å². The van der Waals surface area contributed by atoms with Crippen LogP contribution in [0.25, 0.3) is 0 Å². The molecule has 1 amide bonds. The number of hydrogen-bond donors (Lipinski definition) is 1. The van der Waals surface area contributed by atoms with Crippen LogP contribution in [0.2, 0.25) is 0 Å². The number of ether oxygens (including phenoxy) is 2. The maximum atomic E-state index is 12.3. The van der Waals surface area contributed by atoms with E-state index in [0.29, 0.717) is 18.0 Å². The molecular formula is C23H22BrNO3. The van der Waals surface area contributed by atoms with Crippen molar-refractivity contribution in [2.24, 2.45) is 0 Å². The molecule has 1 N–H and O–H groups in total. The van der Waals surface area contributed by atoms with Gasteiger partial charge in [0.15, 0.2) is 6.61 Å². The lowest BCUT2D eigenvalue weighted by Gasteiger charge is -2.13. The first-order valence-electron chi connectivity index (χ1n) is 8.97. The van der Waals surface area contributed by atoms with Gasteiger partial charge in [0.25, 0.3) is 5.91 Å². The summed E-state index contributed by atoms with van der Waals surface area (Å²) in [7, 11) is 0. The third-order valence-electron chi connectivity index (χ3n) is 4.14. The third kappa shape index (κ3) is 5.60. The van der Waals surface area contributed by atoms with Crippen LogP contribution in [-0.4, -0.2) is 12.5 Å². The largest absolute Gasteiger partial charge is 0.489 e. The molecule has 0 aliphatic carbocycles. The van der Waals surface area contributed by atoms with Crippen LogP contribution in [0, 0.1) is 13.8 Å². The van der Waals surface area contributed by atoms with E-state index < -0.39 is 0 Å². The number of amides is 1. The summed E-state index contributed by atoms with van der Waals surface area (Å²) < 4.78 is 12.5. The number of rotatable bonds is 7. The summed E-state index contributed by atoms with van der Waals surface area (Å²) in [6, 6.07) is 21.2. The van der Waals surface area contributed by atoms with Gasteiger partial charge >= 0.3 is 0 Å². The highest BCUT2D eigenvalue weighted by molar-refractivity contribution is 9.10. The topological polar surface area (TPSA) is 47.6 Å². The first kappa shape index (κ1) is 20.0. The third-order valence-corrected chi connectivity index (χ3v) is 4.60. The Hall–Kier alpha value is -2.79. The Kier molecular flexibility index (Phi) is 6.71. The van der Waals surface area contributed by atoms with Gasteiger partial charge in [-0.3, -0.25) is 4.79 Å². The zero-order chi connectivity index (χ0) is 19.9. The smallest absolute Gasteiger partial charge is 0.262 e. The first-order valence-corrected chi connectivity index (χ1v) is 9.77. The van der Waals surface area contributed by atoms with E-state index in [0.717, 1.165) is 26.9 Å². The summed E-state index contributed by atoms with van der Waals surface area (Å²) in [5.74, 6) is 1.21. The molecule has 3 aromatic carbocycles. The van der Waals surface area contributed by atoms with Crippen LogP contribution in [0.15, 0.2) is 71.2 Å². The Morgan fingerprint density at radius 2 is 1.64 bits per heavy atom. The summed E-state index contributed by atoms with van der Waals surface area (Å²) in [5, 5.41) is 2.85. The second kappa shape index (κ2) is 9.42. The molecule has 0 aliphatic heterocycles. The minimum Gasteiger partial charge on any atom is -0.489 e. The van der Waals surface area contributed by atoms with Gasteiger partial charge in [0.05, 0.1) is 0 Å². The quantitative estimate of drug-likeness (QED) is 0.516. The standard InChI is InChI=1S/C23H22BrNO3/c1-16-11-19(24)12-17(2)23(16)28-15-22(26)25-20-9-6-10-21(13-20)27-14-18-7-4-3-5-8-18/h3-13H,14-15H2,1-2H3,(H,25,26). The molecule has 0 bridgehead atoms. The van der Waals surface area contributed by atoms with Gasteiger partial charge in [-0.1, -0.05) is 52.3 Å². The van der Waals surface area contributed by atoms with Crippen molar-refractivity contribution in [2.75, 3.05) is 11.9 Å². The summed E-state index contributed by atoms with van der Waals surface area (Å²) in [6.07, 6.45) is 0. The first-order chi connectivity index (χ1) is 13.5. The molecule has 4 nitrogen and oxygen atoms in total. The molecule has 0 aromatic heterocycles. The number of carbonyl (C=O) groups is 1. The fourth-order valence-electron chi connectivity index (χ4n) is 2.86. The van der Waals surface area contributed by atoms with Crippen molar-refractivity contribution in [3.8, 4) is 11.5 Å². The zero-order valence-corrected chi connectivity index (χ0v) is 17.5. The molecule has 5 heteroatoms. The Labute approximate surface area is 173 Å². The number of anilines is 1. The number of benzene rings is 3. The molecule has 28 heavy (non-hydrogen) atoms. The molecule has 0 unspecified atom stereocenters. The fraction of sp³-hybridized carbons (Fsp3) is 0.174. The number of nitrogens with one attached hydrogen (secondary N) is 1. The maximum Gasteiger partial charge on any atom is 0.262 e. The van der Waals surface area contributed by atoms with Crippen molar-refractivity contribution in [1.82, 2.24) is 0 Å². The molecule has 0 saturated carbocycles. The molecule has 3 aromatic rings. The Bertz CT molecular complexity index is 934. The minimum atomic E-state index is -0.220. The zero-order valence-electron chi connectivity index (χ0n) is 15.9. The van der Waals surface area contributed by atoms with Crippen molar-refractivity contribution in [1.29, 1.82) is 0 Å². The van der Waals surface area contributed by atoms with Crippen molar-refractivity contribution in [3.63, 3.8) is 0 Å². The predicted molar refractivity (Wildman–Crippen MR) is 115 cm³/mol. The highest BCUT2D eigenvalue weighted by Gasteiger charge is 2.09. The van der Waals surface area contributed by atoms with E-state index in [1.165, 1.54) is 0 Å². The lowest BCUT2D eigenvalue weighted by atomic mass is 10.1. The normalized spacial score (nSPS) is 10.4. The van der Waals surface area contributed by atoms with Crippen molar-refractivity contribution < 1.29 is 14.3 Å². The van der Waals surface area contributed by atoms with E-state index in [-0.39, 0.29) is 12.5 Å². The predicted octanol–water partition coefficient (Wildman–Crippen LogP) is 5.66. The molecule has 0 aliphatic rings. The van der Waals surface area contributed by atoms with Gasteiger partial charge in [-0.15, -0.1) is 0 Å². The van der Waals surface area contributed by atoms with Crippen molar-refractivity contribution in [2.45, 2.75) is 20.5 Å². The summed E-state index contributed by atoms with van der Waals surface area (Å²) in [5.41, 5.74) is 3.72. The molecule has 0 atom stereocenters. The van der Waals surface area contributed by atoms with Crippen LogP contribution >= 0.6 is 15.9 Å². The molecule has 3 rings (SSSR count). The number of carbonyl (C=O) groups excluding carboxylic acids is 1. The monoisotopic (exact) mass is 439 g/mol. The Morgan fingerprint density at radius 3 is 2.36 bits per heavy atom. The minimum absolute atomic E-state index is 0.0571. The highest BCUT2D eigenvalue weighted by atomic mass is 79.9. The highest BCUT2D eigenvalue weighted by Crippen LogP contribution is 2.27. The van der Waals surface area contributed by atoms with Crippen LogP contribution < -0.4 is 14.8 Å². The number of halogens is 1. The summed E-state index contributed by atoms with van der Waals surface area (Å²) >= 11 is 3.46. The van der Waals surface area contributed by atoms with E-state index in [1.807, 2.05) is 74.5 Å². The van der Waals surface area contributed by atoms with Gasteiger partial charge in [0, 0.05) is 16.2 Å².